The Hall–Kier alpha value is -2.11. The first-order valence-electron chi connectivity index (χ1n) is 6.32. The van der Waals surface area contributed by atoms with Crippen LogP contribution < -0.4 is 5.32 Å². The number of aromatic nitrogens is 1. The van der Waals surface area contributed by atoms with E-state index in [-0.39, 0.29) is 11.6 Å². The molecule has 0 spiro atoms. The van der Waals surface area contributed by atoms with Gasteiger partial charge < -0.3 is 5.32 Å². The zero-order valence-electron chi connectivity index (χ0n) is 11.5. The Morgan fingerprint density at radius 2 is 1.86 bits per heavy atom. The van der Waals surface area contributed by atoms with Crippen molar-refractivity contribution in [2.24, 2.45) is 0 Å². The fourth-order valence-corrected chi connectivity index (χ4v) is 2.02. The summed E-state index contributed by atoms with van der Waals surface area (Å²) in [4.78, 5) is 3.72. The van der Waals surface area contributed by atoms with E-state index < -0.39 is 17.6 Å². The second-order valence-electron chi connectivity index (χ2n) is 4.83. The summed E-state index contributed by atoms with van der Waals surface area (Å²) >= 11 is 0. The first kappa shape index (κ1) is 15.3. The quantitative estimate of drug-likeness (QED) is 0.829. The predicted octanol–water partition coefficient (Wildman–Crippen LogP) is 4.72. The van der Waals surface area contributed by atoms with Crippen molar-refractivity contribution < 1.29 is 17.6 Å². The molecule has 1 unspecified atom stereocenters. The highest BCUT2D eigenvalue weighted by Gasteiger charge is 2.32. The summed E-state index contributed by atoms with van der Waals surface area (Å²) in [6, 6.07) is 4.95. The minimum atomic E-state index is -4.40. The minimum Gasteiger partial charge on any atom is -0.378 e. The van der Waals surface area contributed by atoms with Crippen LogP contribution in [0.5, 0.6) is 0 Å². The molecular weight excluding hydrogens is 284 g/mol. The highest BCUT2D eigenvalue weighted by molar-refractivity contribution is 5.50. The van der Waals surface area contributed by atoms with Gasteiger partial charge in [0.2, 0.25) is 0 Å². The number of rotatable bonds is 3. The van der Waals surface area contributed by atoms with E-state index in [1.165, 1.54) is 25.3 Å². The van der Waals surface area contributed by atoms with E-state index in [0.29, 0.717) is 11.3 Å². The summed E-state index contributed by atoms with van der Waals surface area (Å²) in [5.41, 5.74) is 0.360. The van der Waals surface area contributed by atoms with Crippen LogP contribution >= 0.6 is 0 Å². The van der Waals surface area contributed by atoms with Gasteiger partial charge in [0.1, 0.15) is 5.82 Å². The van der Waals surface area contributed by atoms with Gasteiger partial charge in [-0.1, -0.05) is 6.07 Å². The maximum Gasteiger partial charge on any atom is 0.416 e. The Labute approximate surface area is 119 Å². The number of nitrogens with one attached hydrogen (secondary N) is 1. The van der Waals surface area contributed by atoms with Gasteiger partial charge in [-0.15, -0.1) is 0 Å². The largest absolute Gasteiger partial charge is 0.416 e. The zero-order valence-corrected chi connectivity index (χ0v) is 11.5. The zero-order chi connectivity index (χ0) is 15.6. The number of anilines is 1. The van der Waals surface area contributed by atoms with Gasteiger partial charge in [0.05, 0.1) is 17.8 Å². The van der Waals surface area contributed by atoms with Gasteiger partial charge in [-0.05, 0) is 43.2 Å². The molecule has 2 rings (SSSR count). The first-order valence-corrected chi connectivity index (χ1v) is 6.32. The van der Waals surface area contributed by atoms with Gasteiger partial charge in [-0.25, -0.2) is 4.39 Å². The van der Waals surface area contributed by atoms with Crippen LogP contribution in [0.2, 0.25) is 0 Å². The van der Waals surface area contributed by atoms with E-state index in [4.69, 9.17) is 0 Å². The van der Waals surface area contributed by atoms with E-state index in [1.807, 2.05) is 0 Å². The molecule has 0 aliphatic rings. The fourth-order valence-electron chi connectivity index (χ4n) is 2.02. The molecule has 21 heavy (non-hydrogen) atoms. The number of alkyl halides is 3. The van der Waals surface area contributed by atoms with Crippen LogP contribution in [0, 0.1) is 12.7 Å². The minimum absolute atomic E-state index is 0.160. The summed E-state index contributed by atoms with van der Waals surface area (Å²) in [6.07, 6.45) is -1.85. The lowest BCUT2D eigenvalue weighted by Gasteiger charge is -2.18. The molecule has 2 nitrogen and oxygen atoms in total. The molecule has 2 aromatic rings. The number of hydrogen-bond donors (Lipinski definition) is 1. The number of halogens is 4. The summed E-state index contributed by atoms with van der Waals surface area (Å²) in [7, 11) is 0. The highest BCUT2D eigenvalue weighted by Crippen LogP contribution is 2.34. The highest BCUT2D eigenvalue weighted by atomic mass is 19.4. The van der Waals surface area contributed by atoms with Crippen LogP contribution in [0.1, 0.15) is 29.7 Å². The van der Waals surface area contributed by atoms with Crippen LogP contribution in [-0.4, -0.2) is 4.98 Å². The Kier molecular flexibility index (Phi) is 4.16. The summed E-state index contributed by atoms with van der Waals surface area (Å²) < 4.78 is 51.7. The number of nitrogens with zero attached hydrogens (tertiary/aromatic N) is 1. The molecule has 0 saturated carbocycles. The van der Waals surface area contributed by atoms with Crippen LogP contribution in [0.3, 0.4) is 0 Å². The fraction of sp³-hybridized carbons (Fsp3) is 0.267. The maximum absolute atomic E-state index is 13.1. The molecular formula is C15H14F4N2. The van der Waals surface area contributed by atoms with E-state index in [1.54, 1.807) is 13.0 Å². The lowest BCUT2D eigenvalue weighted by atomic mass is 10.1. The Bertz CT molecular complexity index is 638. The third-order valence-electron chi connectivity index (χ3n) is 3.15. The smallest absolute Gasteiger partial charge is 0.378 e. The van der Waals surface area contributed by atoms with Crippen LogP contribution in [-0.2, 0) is 6.18 Å². The van der Waals surface area contributed by atoms with E-state index in [9.17, 15) is 17.6 Å². The van der Waals surface area contributed by atoms with Crippen molar-refractivity contribution in [3.8, 4) is 0 Å². The lowest BCUT2D eigenvalue weighted by Crippen LogP contribution is -2.11. The van der Waals surface area contributed by atoms with Crippen molar-refractivity contribution in [1.29, 1.82) is 0 Å². The molecule has 6 heteroatoms. The van der Waals surface area contributed by atoms with Crippen LogP contribution in [0.25, 0.3) is 0 Å². The molecule has 1 aromatic carbocycles. The molecule has 0 aliphatic carbocycles. The second-order valence-corrected chi connectivity index (χ2v) is 4.83. The average Bonchev–Trinajstić information content (AvgIpc) is 2.39. The van der Waals surface area contributed by atoms with Gasteiger partial charge in [0, 0.05) is 11.9 Å². The number of benzene rings is 1. The summed E-state index contributed by atoms with van der Waals surface area (Å²) in [5, 5.41) is 2.92. The lowest BCUT2D eigenvalue weighted by molar-refractivity contribution is -0.138. The summed E-state index contributed by atoms with van der Waals surface area (Å²) in [6.45, 7) is 3.14. The molecule has 0 radical (unpaired) electrons. The Balaban J connectivity index is 2.24. The van der Waals surface area contributed by atoms with Gasteiger partial charge >= 0.3 is 6.18 Å². The van der Waals surface area contributed by atoms with Crippen molar-refractivity contribution in [3.63, 3.8) is 0 Å². The van der Waals surface area contributed by atoms with Crippen molar-refractivity contribution in [2.45, 2.75) is 26.1 Å². The van der Waals surface area contributed by atoms with Crippen molar-refractivity contribution in [3.05, 3.63) is 59.2 Å². The molecule has 0 fully saturated rings. The molecule has 0 saturated heterocycles. The second kappa shape index (κ2) is 5.71. The SMILES string of the molecule is Cc1ccc(NC(C)c2cncc(F)c2)cc1C(F)(F)F. The Morgan fingerprint density at radius 1 is 1.14 bits per heavy atom. The third kappa shape index (κ3) is 3.71. The Morgan fingerprint density at radius 3 is 2.48 bits per heavy atom. The number of hydrogen-bond acceptors (Lipinski definition) is 2. The van der Waals surface area contributed by atoms with Crippen molar-refractivity contribution in [2.75, 3.05) is 5.32 Å². The van der Waals surface area contributed by atoms with Gasteiger partial charge in [0.25, 0.3) is 0 Å². The van der Waals surface area contributed by atoms with Gasteiger partial charge in [0.15, 0.2) is 0 Å². The molecule has 112 valence electrons. The monoisotopic (exact) mass is 298 g/mol. The van der Waals surface area contributed by atoms with Gasteiger partial charge in [-0.2, -0.15) is 13.2 Å². The van der Waals surface area contributed by atoms with Crippen LogP contribution in [0.4, 0.5) is 23.2 Å². The number of pyridine rings is 1. The van der Waals surface area contributed by atoms with Crippen molar-refractivity contribution in [1.82, 2.24) is 4.98 Å². The van der Waals surface area contributed by atoms with E-state index in [2.05, 4.69) is 10.3 Å². The molecule has 0 amide bonds. The van der Waals surface area contributed by atoms with E-state index in [0.717, 1.165) is 12.3 Å². The number of aryl methyl sites for hydroxylation is 1. The molecule has 1 aromatic heterocycles. The molecule has 1 heterocycles. The average molecular weight is 298 g/mol. The molecule has 0 bridgehead atoms. The normalized spacial score (nSPS) is 13.0. The van der Waals surface area contributed by atoms with Crippen molar-refractivity contribution >= 4 is 5.69 Å². The molecule has 1 N–H and O–H groups in total. The van der Waals surface area contributed by atoms with Gasteiger partial charge in [-0.3, -0.25) is 4.98 Å². The van der Waals surface area contributed by atoms with Crippen LogP contribution in [0.15, 0.2) is 36.7 Å². The first-order chi connectivity index (χ1) is 9.77. The summed E-state index contributed by atoms with van der Waals surface area (Å²) in [5.74, 6) is -0.485. The topological polar surface area (TPSA) is 24.9 Å². The predicted molar refractivity (Wildman–Crippen MR) is 72.4 cm³/mol. The molecule has 1 atom stereocenters. The van der Waals surface area contributed by atoms with E-state index >= 15 is 0 Å². The molecule has 0 aliphatic heterocycles. The third-order valence-corrected chi connectivity index (χ3v) is 3.15. The standard InChI is InChI=1S/C15H14F4N2/c1-9-3-4-13(6-14(9)15(17,18)19)21-10(2)11-5-12(16)8-20-7-11/h3-8,10,21H,1-2H3. The maximum atomic E-state index is 13.1.